The maximum Gasteiger partial charge on any atom is 0.0440 e. The third kappa shape index (κ3) is 8.96. The molecule has 3 heteroatoms. The van der Waals surface area contributed by atoms with Gasteiger partial charge in [0, 0.05) is 46.0 Å². The zero-order valence-electron chi connectivity index (χ0n) is 36.1. The lowest BCUT2D eigenvalue weighted by Gasteiger charge is -2.31. The molecule has 0 saturated carbocycles. The second-order valence-corrected chi connectivity index (χ2v) is 17.9. The summed E-state index contributed by atoms with van der Waals surface area (Å²) in [5, 5.41) is 3.48. The summed E-state index contributed by atoms with van der Waals surface area (Å²) in [5.41, 5.74) is 15.6. The van der Waals surface area contributed by atoms with Crippen molar-refractivity contribution in [1.29, 1.82) is 0 Å². The van der Waals surface area contributed by atoms with E-state index in [0.29, 0.717) is 12.0 Å². The SMILES string of the molecule is CCCCC(C)(CC)c1ccc(-c2ccc(N(CC(CC)c3ccc(-c4ccc(N(c5ccc6sccc6c5)C(C)C)cc4)cc3)c3ccc(C)cc3C)cc2)cc1. The number of benzene rings is 6. The topological polar surface area (TPSA) is 6.48 Å². The van der Waals surface area contributed by atoms with Crippen LogP contribution in [0.4, 0.5) is 22.7 Å². The number of hydrogen-bond donors (Lipinski definition) is 0. The van der Waals surface area contributed by atoms with Gasteiger partial charge in [0.1, 0.15) is 0 Å². The number of rotatable bonds is 16. The molecule has 0 aliphatic heterocycles. The van der Waals surface area contributed by atoms with E-state index in [0.717, 1.165) is 19.4 Å². The molecule has 6 aromatic carbocycles. The molecule has 0 radical (unpaired) electrons. The Morgan fingerprint density at radius 3 is 1.78 bits per heavy atom. The van der Waals surface area contributed by atoms with Gasteiger partial charge in [-0.15, -0.1) is 11.3 Å². The molecule has 298 valence electrons. The van der Waals surface area contributed by atoms with Crippen LogP contribution in [-0.2, 0) is 5.41 Å². The average molecular weight is 783 g/mol. The number of aryl methyl sites for hydroxylation is 2. The summed E-state index contributed by atoms with van der Waals surface area (Å²) < 4.78 is 1.33. The van der Waals surface area contributed by atoms with Gasteiger partial charge in [-0.3, -0.25) is 0 Å². The number of unbranched alkanes of at least 4 members (excludes halogenated alkanes) is 1. The van der Waals surface area contributed by atoms with Crippen LogP contribution in [0.2, 0.25) is 0 Å². The Morgan fingerprint density at radius 1 is 0.621 bits per heavy atom. The molecule has 0 saturated heterocycles. The summed E-state index contributed by atoms with van der Waals surface area (Å²) in [5.74, 6) is 0.366. The van der Waals surface area contributed by atoms with Crippen LogP contribution in [0.5, 0.6) is 0 Å². The average Bonchev–Trinajstić information content (AvgIpc) is 3.72. The summed E-state index contributed by atoms with van der Waals surface area (Å²) in [6.45, 7) is 19.2. The van der Waals surface area contributed by atoms with Gasteiger partial charge in [0.05, 0.1) is 0 Å². The third-order valence-electron chi connectivity index (χ3n) is 12.6. The first-order valence-corrected chi connectivity index (χ1v) is 22.5. The maximum absolute atomic E-state index is 2.54. The highest BCUT2D eigenvalue weighted by Gasteiger charge is 2.24. The van der Waals surface area contributed by atoms with Gasteiger partial charge in [-0.25, -0.2) is 0 Å². The number of anilines is 4. The largest absolute Gasteiger partial charge is 0.341 e. The molecule has 7 rings (SSSR count). The normalized spacial score (nSPS) is 13.1. The summed E-state index contributed by atoms with van der Waals surface area (Å²) in [6, 6.07) is 53.3. The van der Waals surface area contributed by atoms with Gasteiger partial charge in [-0.2, -0.15) is 0 Å². The number of nitrogens with zero attached hydrogens (tertiary/aromatic N) is 2. The van der Waals surface area contributed by atoms with E-state index in [-0.39, 0.29) is 5.41 Å². The van der Waals surface area contributed by atoms with E-state index < -0.39 is 0 Å². The minimum absolute atomic E-state index is 0.239. The lowest BCUT2D eigenvalue weighted by atomic mass is 9.76. The van der Waals surface area contributed by atoms with Crippen molar-refractivity contribution in [3.63, 3.8) is 0 Å². The van der Waals surface area contributed by atoms with Crippen LogP contribution >= 0.6 is 11.3 Å². The molecule has 58 heavy (non-hydrogen) atoms. The predicted octanol–water partition coefficient (Wildman–Crippen LogP) is 16.6. The second kappa shape index (κ2) is 18.2. The molecular weight excluding hydrogens is 721 g/mol. The Hall–Kier alpha value is -5.12. The second-order valence-electron chi connectivity index (χ2n) is 16.9. The molecule has 0 bridgehead atoms. The van der Waals surface area contributed by atoms with Gasteiger partial charge in [0.25, 0.3) is 0 Å². The van der Waals surface area contributed by atoms with Crippen molar-refractivity contribution in [1.82, 2.24) is 0 Å². The van der Waals surface area contributed by atoms with E-state index >= 15 is 0 Å². The van der Waals surface area contributed by atoms with Crippen molar-refractivity contribution in [2.24, 2.45) is 0 Å². The van der Waals surface area contributed by atoms with Crippen molar-refractivity contribution in [2.75, 3.05) is 16.3 Å². The van der Waals surface area contributed by atoms with Crippen LogP contribution in [0, 0.1) is 13.8 Å². The summed E-state index contributed by atoms with van der Waals surface area (Å²) >= 11 is 1.80. The number of fused-ring (bicyclic) bond motifs is 1. The molecular formula is C55H62N2S. The third-order valence-corrected chi connectivity index (χ3v) is 13.5. The van der Waals surface area contributed by atoms with Crippen LogP contribution in [0.15, 0.2) is 145 Å². The van der Waals surface area contributed by atoms with Crippen molar-refractivity contribution >= 4 is 44.2 Å². The van der Waals surface area contributed by atoms with Gasteiger partial charge in [-0.1, -0.05) is 131 Å². The highest BCUT2D eigenvalue weighted by Crippen LogP contribution is 2.38. The zero-order valence-corrected chi connectivity index (χ0v) is 36.9. The minimum Gasteiger partial charge on any atom is -0.341 e. The molecule has 0 amide bonds. The molecule has 0 N–H and O–H groups in total. The predicted molar refractivity (Wildman–Crippen MR) is 256 cm³/mol. The lowest BCUT2D eigenvalue weighted by molar-refractivity contribution is 0.403. The van der Waals surface area contributed by atoms with E-state index in [1.807, 2.05) is 0 Å². The standard InChI is InChI=1S/C55H62N2S/c1-9-12-34-55(8,11-3)49-24-18-45(19-25-49)46-20-26-50(27-21-46)56(53-31-13-40(6)36-41(53)7)38-42(10-2)43-14-16-44(17-15-43)47-22-28-51(29-23-47)57(39(4)5)52-30-32-54-48(37-52)33-35-58-54/h13-33,35-37,39,42H,9-12,34,38H2,1-8H3. The van der Waals surface area contributed by atoms with Crippen molar-refractivity contribution < 1.29 is 0 Å². The zero-order chi connectivity index (χ0) is 40.8. The fourth-order valence-corrected chi connectivity index (χ4v) is 9.52. The van der Waals surface area contributed by atoms with Gasteiger partial charge < -0.3 is 9.80 Å². The molecule has 2 nitrogen and oxygen atoms in total. The molecule has 1 heterocycles. The summed E-state index contributed by atoms with van der Waals surface area (Å²) in [6.07, 6.45) is 5.98. The molecule has 0 fully saturated rings. The number of hydrogen-bond acceptors (Lipinski definition) is 3. The highest BCUT2D eigenvalue weighted by molar-refractivity contribution is 7.17. The minimum atomic E-state index is 0.239. The van der Waals surface area contributed by atoms with Crippen LogP contribution in [0.3, 0.4) is 0 Å². The van der Waals surface area contributed by atoms with Crippen LogP contribution < -0.4 is 9.80 Å². The van der Waals surface area contributed by atoms with Gasteiger partial charge >= 0.3 is 0 Å². The molecule has 0 aliphatic rings. The molecule has 1 aromatic heterocycles. The first-order valence-electron chi connectivity index (χ1n) is 21.6. The molecule has 2 atom stereocenters. The van der Waals surface area contributed by atoms with Gasteiger partial charge in [0.2, 0.25) is 0 Å². The number of thiophene rings is 1. The monoisotopic (exact) mass is 782 g/mol. The van der Waals surface area contributed by atoms with Crippen molar-refractivity contribution in [2.45, 2.75) is 105 Å². The van der Waals surface area contributed by atoms with Crippen molar-refractivity contribution in [3.8, 4) is 22.3 Å². The first kappa shape index (κ1) is 41.1. The van der Waals surface area contributed by atoms with E-state index in [4.69, 9.17) is 0 Å². The quantitative estimate of drug-likeness (QED) is 0.0963. The smallest absolute Gasteiger partial charge is 0.0440 e. The Labute approximate surface area is 353 Å². The molecule has 7 aromatic rings. The molecule has 0 aliphatic carbocycles. The van der Waals surface area contributed by atoms with Crippen LogP contribution in [0.25, 0.3) is 32.3 Å². The Morgan fingerprint density at radius 2 is 1.21 bits per heavy atom. The fraction of sp³-hybridized carbons (Fsp3) is 0.309. The van der Waals surface area contributed by atoms with E-state index in [9.17, 15) is 0 Å². The lowest BCUT2D eigenvalue weighted by Crippen LogP contribution is -2.25. The van der Waals surface area contributed by atoms with E-state index in [2.05, 4.69) is 210 Å². The first-order chi connectivity index (χ1) is 28.1. The van der Waals surface area contributed by atoms with E-state index in [1.54, 1.807) is 11.3 Å². The van der Waals surface area contributed by atoms with Crippen LogP contribution in [0.1, 0.15) is 102 Å². The van der Waals surface area contributed by atoms with Crippen molar-refractivity contribution in [3.05, 3.63) is 167 Å². The fourth-order valence-electron chi connectivity index (χ4n) is 8.74. The summed E-state index contributed by atoms with van der Waals surface area (Å²) in [4.78, 5) is 4.97. The molecule has 0 spiro atoms. The van der Waals surface area contributed by atoms with Gasteiger partial charge in [-0.05, 0) is 157 Å². The van der Waals surface area contributed by atoms with E-state index in [1.165, 1.54) is 96.6 Å². The van der Waals surface area contributed by atoms with Crippen LogP contribution in [-0.4, -0.2) is 12.6 Å². The summed E-state index contributed by atoms with van der Waals surface area (Å²) in [7, 11) is 0. The van der Waals surface area contributed by atoms with Gasteiger partial charge in [0.15, 0.2) is 0 Å². The highest BCUT2D eigenvalue weighted by atomic mass is 32.1. The maximum atomic E-state index is 2.54. The Kier molecular flexibility index (Phi) is 12.9. The Bertz CT molecular complexity index is 2390. The Balaban J connectivity index is 1.10. The molecule has 2 unspecified atom stereocenters.